The third kappa shape index (κ3) is 3.69. The molecular weight excluding hydrogens is 390 g/mol. The first-order chi connectivity index (χ1) is 15.0. The Morgan fingerprint density at radius 2 is 1.81 bits per heavy atom. The maximum Gasteiger partial charge on any atom is 0.325 e. The number of hydrogen-bond acceptors (Lipinski definition) is 4. The third-order valence-corrected chi connectivity index (χ3v) is 7.24. The van der Waals surface area contributed by atoms with Crippen LogP contribution >= 0.6 is 0 Å². The van der Waals surface area contributed by atoms with E-state index in [1.165, 1.54) is 16.0 Å². The van der Waals surface area contributed by atoms with Crippen molar-refractivity contribution < 1.29 is 14.0 Å². The average Bonchev–Trinajstić information content (AvgIpc) is 3.48. The van der Waals surface area contributed by atoms with Gasteiger partial charge < -0.3 is 9.73 Å². The lowest BCUT2D eigenvalue weighted by atomic mass is 9.78. The first-order valence-electron chi connectivity index (χ1n) is 11.2. The van der Waals surface area contributed by atoms with E-state index in [2.05, 4.69) is 28.4 Å². The van der Waals surface area contributed by atoms with Crippen molar-refractivity contribution in [3.63, 3.8) is 0 Å². The first kappa shape index (κ1) is 20.1. The first-order valence-corrected chi connectivity index (χ1v) is 11.2. The molecule has 3 amide bonds. The highest BCUT2D eigenvalue weighted by Gasteiger charge is 2.54. The Kier molecular flexibility index (Phi) is 5.18. The molecule has 0 unspecified atom stereocenters. The average molecular weight is 420 g/mol. The van der Waals surface area contributed by atoms with E-state index in [9.17, 15) is 9.59 Å². The molecular formula is C25H29N3O3. The zero-order valence-corrected chi connectivity index (χ0v) is 17.9. The highest BCUT2D eigenvalue weighted by atomic mass is 16.3. The number of amides is 3. The molecule has 3 aliphatic rings. The molecule has 3 heterocycles. The van der Waals surface area contributed by atoms with E-state index in [0.717, 1.165) is 51.1 Å². The van der Waals surface area contributed by atoms with Crippen molar-refractivity contribution in [3.8, 4) is 0 Å². The zero-order valence-electron chi connectivity index (χ0n) is 17.9. The predicted molar refractivity (Wildman–Crippen MR) is 118 cm³/mol. The van der Waals surface area contributed by atoms with Gasteiger partial charge in [-0.25, -0.2) is 4.79 Å². The van der Waals surface area contributed by atoms with Gasteiger partial charge in [-0.05, 0) is 81.0 Å². The second kappa shape index (κ2) is 8.00. The summed E-state index contributed by atoms with van der Waals surface area (Å²) in [7, 11) is 0. The van der Waals surface area contributed by atoms with Crippen LogP contribution in [0.1, 0.15) is 36.7 Å². The Hall–Kier alpha value is -2.86. The van der Waals surface area contributed by atoms with Crippen molar-refractivity contribution in [3.05, 3.63) is 65.6 Å². The van der Waals surface area contributed by atoms with Gasteiger partial charge in [0, 0.05) is 12.6 Å². The van der Waals surface area contributed by atoms with Gasteiger partial charge in [-0.1, -0.05) is 30.3 Å². The number of nitrogens with one attached hydrogen (secondary N) is 1. The van der Waals surface area contributed by atoms with Crippen LogP contribution in [0.15, 0.2) is 53.2 Å². The molecule has 0 bridgehead atoms. The number of furan rings is 1. The van der Waals surface area contributed by atoms with Crippen molar-refractivity contribution in [1.82, 2.24) is 15.1 Å². The highest BCUT2D eigenvalue weighted by molar-refractivity contribution is 6.07. The summed E-state index contributed by atoms with van der Waals surface area (Å²) in [6.45, 7) is 4.62. The Bertz CT molecular complexity index is 966. The van der Waals surface area contributed by atoms with Crippen LogP contribution < -0.4 is 5.32 Å². The van der Waals surface area contributed by atoms with Crippen LogP contribution in [0.3, 0.4) is 0 Å². The molecule has 1 atom stereocenters. The van der Waals surface area contributed by atoms with E-state index in [1.54, 1.807) is 6.26 Å². The van der Waals surface area contributed by atoms with Crippen LogP contribution in [-0.4, -0.2) is 53.0 Å². The summed E-state index contributed by atoms with van der Waals surface area (Å²) in [6, 6.07) is 11.8. The summed E-state index contributed by atoms with van der Waals surface area (Å²) in [6.07, 6.45) is 9.09. The molecule has 0 saturated carbocycles. The SMILES string of the molecule is C[C@@]1(C2CCN(C/C=C/c3ccco3)CC2)NC(=O)N(C2Cc3ccccc3C2)C1=O. The van der Waals surface area contributed by atoms with E-state index >= 15 is 0 Å². The molecule has 1 N–H and O–H groups in total. The molecule has 0 spiro atoms. The van der Waals surface area contributed by atoms with Gasteiger partial charge in [-0.15, -0.1) is 0 Å². The predicted octanol–water partition coefficient (Wildman–Crippen LogP) is 3.48. The van der Waals surface area contributed by atoms with Crippen LogP contribution in [0, 0.1) is 5.92 Å². The number of hydrogen-bond donors (Lipinski definition) is 1. The van der Waals surface area contributed by atoms with E-state index < -0.39 is 5.54 Å². The lowest BCUT2D eigenvalue weighted by Crippen LogP contribution is -2.54. The molecule has 162 valence electrons. The molecule has 1 aliphatic carbocycles. The van der Waals surface area contributed by atoms with Crippen molar-refractivity contribution in [1.29, 1.82) is 0 Å². The Morgan fingerprint density at radius 3 is 2.45 bits per heavy atom. The topological polar surface area (TPSA) is 65.8 Å². The van der Waals surface area contributed by atoms with Gasteiger partial charge >= 0.3 is 6.03 Å². The van der Waals surface area contributed by atoms with Crippen molar-refractivity contribution in [2.75, 3.05) is 19.6 Å². The fraction of sp³-hybridized carbons (Fsp3) is 0.440. The second-order valence-corrected chi connectivity index (χ2v) is 9.13. The molecule has 1 aromatic heterocycles. The number of carbonyl (C=O) groups excluding carboxylic acids is 2. The highest BCUT2D eigenvalue weighted by Crippen LogP contribution is 2.36. The summed E-state index contributed by atoms with van der Waals surface area (Å²) < 4.78 is 5.33. The van der Waals surface area contributed by atoms with Gasteiger partial charge in [0.15, 0.2) is 0 Å². The van der Waals surface area contributed by atoms with Crippen LogP contribution in [0.2, 0.25) is 0 Å². The Morgan fingerprint density at radius 1 is 1.10 bits per heavy atom. The van der Waals surface area contributed by atoms with Crippen molar-refractivity contribution in [2.24, 2.45) is 5.92 Å². The van der Waals surface area contributed by atoms with Gasteiger partial charge in [0.05, 0.1) is 6.26 Å². The quantitative estimate of drug-likeness (QED) is 0.754. The molecule has 6 heteroatoms. The van der Waals surface area contributed by atoms with E-state index in [-0.39, 0.29) is 23.9 Å². The van der Waals surface area contributed by atoms with Gasteiger partial charge in [-0.3, -0.25) is 14.6 Å². The van der Waals surface area contributed by atoms with Crippen LogP contribution in [0.4, 0.5) is 4.79 Å². The number of likely N-dealkylation sites (tertiary alicyclic amines) is 1. The molecule has 1 aromatic carbocycles. The summed E-state index contributed by atoms with van der Waals surface area (Å²) in [5, 5.41) is 3.07. The zero-order chi connectivity index (χ0) is 21.4. The summed E-state index contributed by atoms with van der Waals surface area (Å²) in [5.41, 5.74) is 1.69. The van der Waals surface area contributed by atoms with E-state index in [0.29, 0.717) is 0 Å². The fourth-order valence-electron chi connectivity index (χ4n) is 5.40. The smallest absolute Gasteiger partial charge is 0.325 e. The summed E-state index contributed by atoms with van der Waals surface area (Å²) >= 11 is 0. The largest absolute Gasteiger partial charge is 0.465 e. The van der Waals surface area contributed by atoms with E-state index in [1.807, 2.05) is 37.3 Å². The number of benzene rings is 1. The van der Waals surface area contributed by atoms with Gasteiger partial charge in [0.2, 0.25) is 0 Å². The number of imide groups is 1. The van der Waals surface area contributed by atoms with Crippen molar-refractivity contribution in [2.45, 2.75) is 44.2 Å². The van der Waals surface area contributed by atoms with Gasteiger partial charge in [-0.2, -0.15) is 0 Å². The molecule has 2 saturated heterocycles. The molecule has 2 aliphatic heterocycles. The maximum absolute atomic E-state index is 13.5. The molecule has 6 nitrogen and oxygen atoms in total. The van der Waals surface area contributed by atoms with Crippen molar-refractivity contribution >= 4 is 18.0 Å². The summed E-state index contributed by atoms with van der Waals surface area (Å²) in [5.74, 6) is 0.963. The number of piperidine rings is 1. The lowest BCUT2D eigenvalue weighted by Gasteiger charge is -2.38. The number of rotatable bonds is 5. The minimum absolute atomic E-state index is 0.0496. The molecule has 31 heavy (non-hydrogen) atoms. The minimum Gasteiger partial charge on any atom is -0.465 e. The minimum atomic E-state index is -0.804. The Balaban J connectivity index is 1.20. The van der Waals surface area contributed by atoms with Crippen LogP contribution in [0.25, 0.3) is 6.08 Å². The number of fused-ring (bicyclic) bond motifs is 1. The molecule has 5 rings (SSSR count). The molecule has 2 aromatic rings. The normalized spacial score (nSPS) is 25.5. The van der Waals surface area contributed by atoms with Gasteiger partial charge in [0.25, 0.3) is 5.91 Å². The Labute approximate surface area is 182 Å². The maximum atomic E-state index is 13.5. The fourth-order valence-corrected chi connectivity index (χ4v) is 5.40. The second-order valence-electron chi connectivity index (χ2n) is 9.13. The number of nitrogens with zero attached hydrogens (tertiary/aromatic N) is 2. The number of carbonyl (C=O) groups is 2. The monoisotopic (exact) mass is 419 g/mol. The third-order valence-electron chi connectivity index (χ3n) is 7.24. The standard InChI is InChI=1S/C25H29N3O3/c1-25(20-10-13-27(14-11-20)12-4-8-22-9-5-15-31-22)23(29)28(24(30)26-25)21-16-18-6-2-3-7-19(18)17-21/h2-9,15,20-21H,10-14,16-17H2,1H3,(H,26,30)/b8-4+/t25-/m0/s1. The van der Waals surface area contributed by atoms with Crippen LogP contribution in [-0.2, 0) is 17.6 Å². The lowest BCUT2D eigenvalue weighted by molar-refractivity contribution is -0.134. The van der Waals surface area contributed by atoms with E-state index in [4.69, 9.17) is 4.42 Å². The number of urea groups is 1. The van der Waals surface area contributed by atoms with Crippen LogP contribution in [0.5, 0.6) is 0 Å². The molecule has 2 fully saturated rings. The molecule has 0 radical (unpaired) electrons. The summed E-state index contributed by atoms with van der Waals surface area (Å²) in [4.78, 5) is 30.2. The van der Waals surface area contributed by atoms with Gasteiger partial charge in [0.1, 0.15) is 11.3 Å².